The predicted octanol–water partition coefficient (Wildman–Crippen LogP) is 0.997. The lowest BCUT2D eigenvalue weighted by atomic mass is 10.1. The van der Waals surface area contributed by atoms with E-state index < -0.39 is 5.97 Å². The van der Waals surface area contributed by atoms with Gasteiger partial charge in [-0.2, -0.15) is 0 Å². The van der Waals surface area contributed by atoms with Crippen LogP contribution < -0.4 is 10.6 Å². The molecule has 3 N–H and O–H groups in total. The molecule has 0 saturated heterocycles. The van der Waals surface area contributed by atoms with Gasteiger partial charge in [0.25, 0.3) is 0 Å². The van der Waals surface area contributed by atoms with E-state index in [1.807, 2.05) is 19.0 Å². The van der Waals surface area contributed by atoms with Crippen molar-refractivity contribution in [3.8, 4) is 0 Å². The first-order chi connectivity index (χ1) is 8.97. The molecule has 0 radical (unpaired) electrons. The third-order valence-corrected chi connectivity index (χ3v) is 2.38. The lowest BCUT2D eigenvalue weighted by Crippen LogP contribution is -2.34. The van der Waals surface area contributed by atoms with Crippen LogP contribution in [0.4, 0.5) is 10.5 Å². The summed E-state index contributed by atoms with van der Waals surface area (Å²) in [5.41, 5.74) is 1.24. The molecule has 0 aromatic heterocycles. The lowest BCUT2D eigenvalue weighted by molar-refractivity contribution is -0.136. The SMILES string of the molecule is CN(C)CCNC(=O)Nc1cccc(CC(=O)O)c1. The van der Waals surface area contributed by atoms with Gasteiger partial charge in [-0.15, -0.1) is 0 Å². The number of benzene rings is 1. The molecule has 0 bridgehead atoms. The van der Waals surface area contributed by atoms with Crippen LogP contribution in [-0.2, 0) is 11.2 Å². The summed E-state index contributed by atoms with van der Waals surface area (Å²) in [6, 6.07) is 6.50. The van der Waals surface area contributed by atoms with E-state index in [-0.39, 0.29) is 12.5 Å². The second kappa shape index (κ2) is 7.38. The molecule has 0 spiro atoms. The Kier molecular flexibility index (Phi) is 5.81. The van der Waals surface area contributed by atoms with Crippen molar-refractivity contribution >= 4 is 17.7 Å². The summed E-state index contributed by atoms with van der Waals surface area (Å²) >= 11 is 0. The molecule has 0 aliphatic rings. The third-order valence-electron chi connectivity index (χ3n) is 2.38. The molecule has 0 saturated carbocycles. The highest BCUT2D eigenvalue weighted by molar-refractivity contribution is 5.89. The lowest BCUT2D eigenvalue weighted by Gasteiger charge is -2.11. The molecule has 104 valence electrons. The Morgan fingerprint density at radius 3 is 2.68 bits per heavy atom. The molecule has 1 aromatic rings. The number of aliphatic carboxylic acids is 1. The van der Waals surface area contributed by atoms with Gasteiger partial charge in [-0.05, 0) is 31.8 Å². The van der Waals surface area contributed by atoms with Gasteiger partial charge >= 0.3 is 12.0 Å². The Hall–Kier alpha value is -2.08. The second-order valence-electron chi connectivity index (χ2n) is 4.46. The Morgan fingerprint density at radius 2 is 2.05 bits per heavy atom. The fourth-order valence-corrected chi connectivity index (χ4v) is 1.50. The summed E-state index contributed by atoms with van der Waals surface area (Å²) in [7, 11) is 3.85. The van der Waals surface area contributed by atoms with E-state index in [0.717, 1.165) is 6.54 Å². The van der Waals surface area contributed by atoms with Gasteiger partial charge in [-0.3, -0.25) is 4.79 Å². The van der Waals surface area contributed by atoms with E-state index in [2.05, 4.69) is 10.6 Å². The molecule has 1 rings (SSSR count). The minimum atomic E-state index is -0.896. The standard InChI is InChI=1S/C13H19N3O3/c1-16(2)7-6-14-13(19)15-11-5-3-4-10(8-11)9-12(17)18/h3-5,8H,6-7,9H2,1-2H3,(H,17,18)(H2,14,15,19). The number of carboxylic acids is 1. The Bertz CT molecular complexity index is 447. The molecule has 6 heteroatoms. The fraction of sp³-hybridized carbons (Fsp3) is 0.385. The zero-order valence-electron chi connectivity index (χ0n) is 11.1. The van der Waals surface area contributed by atoms with Crippen molar-refractivity contribution in [1.82, 2.24) is 10.2 Å². The number of anilines is 1. The first kappa shape index (κ1) is 15.0. The average Bonchev–Trinajstić information content (AvgIpc) is 2.27. The highest BCUT2D eigenvalue weighted by Crippen LogP contribution is 2.11. The van der Waals surface area contributed by atoms with Crippen LogP contribution >= 0.6 is 0 Å². The Balaban J connectivity index is 2.47. The van der Waals surface area contributed by atoms with Crippen LogP contribution in [0.15, 0.2) is 24.3 Å². The van der Waals surface area contributed by atoms with Gasteiger partial charge in [0.1, 0.15) is 0 Å². The average molecular weight is 265 g/mol. The van der Waals surface area contributed by atoms with Crippen LogP contribution in [0.5, 0.6) is 0 Å². The van der Waals surface area contributed by atoms with Crippen LogP contribution in [0.2, 0.25) is 0 Å². The van der Waals surface area contributed by atoms with E-state index >= 15 is 0 Å². The summed E-state index contributed by atoms with van der Waals surface area (Å²) in [6.45, 7) is 1.31. The number of hydrogen-bond donors (Lipinski definition) is 3. The minimum absolute atomic E-state index is 0.0578. The number of hydrogen-bond acceptors (Lipinski definition) is 3. The van der Waals surface area contributed by atoms with Crippen LogP contribution in [-0.4, -0.2) is 49.2 Å². The van der Waals surface area contributed by atoms with Crippen molar-refractivity contribution in [2.45, 2.75) is 6.42 Å². The molecule has 0 heterocycles. The van der Waals surface area contributed by atoms with Crippen molar-refractivity contribution in [2.24, 2.45) is 0 Å². The zero-order valence-corrected chi connectivity index (χ0v) is 11.1. The molecule has 6 nitrogen and oxygen atoms in total. The topological polar surface area (TPSA) is 81.7 Å². The van der Waals surface area contributed by atoms with Crippen LogP contribution in [0.25, 0.3) is 0 Å². The van der Waals surface area contributed by atoms with Gasteiger partial charge < -0.3 is 20.6 Å². The third kappa shape index (κ3) is 6.42. The van der Waals surface area contributed by atoms with Gasteiger partial charge in [-0.25, -0.2) is 4.79 Å². The number of carbonyl (C=O) groups is 2. The molecular weight excluding hydrogens is 246 g/mol. The zero-order chi connectivity index (χ0) is 14.3. The molecule has 0 atom stereocenters. The fourth-order valence-electron chi connectivity index (χ4n) is 1.50. The van der Waals surface area contributed by atoms with Gasteiger partial charge in [0, 0.05) is 18.8 Å². The van der Waals surface area contributed by atoms with Crippen molar-refractivity contribution in [1.29, 1.82) is 0 Å². The predicted molar refractivity (Wildman–Crippen MR) is 73.4 cm³/mol. The first-order valence-electron chi connectivity index (χ1n) is 5.97. The normalized spacial score (nSPS) is 10.3. The van der Waals surface area contributed by atoms with Crippen LogP contribution in [0, 0.1) is 0 Å². The number of nitrogens with one attached hydrogen (secondary N) is 2. The summed E-state index contributed by atoms with van der Waals surface area (Å²) < 4.78 is 0. The van der Waals surface area contributed by atoms with E-state index in [9.17, 15) is 9.59 Å². The molecule has 0 unspecified atom stereocenters. The summed E-state index contributed by atoms with van der Waals surface area (Å²) in [5, 5.41) is 14.1. The van der Waals surface area contributed by atoms with E-state index in [4.69, 9.17) is 5.11 Å². The number of rotatable bonds is 6. The van der Waals surface area contributed by atoms with Crippen molar-refractivity contribution in [3.63, 3.8) is 0 Å². The number of nitrogens with zero attached hydrogens (tertiary/aromatic N) is 1. The molecule has 1 aromatic carbocycles. The van der Waals surface area contributed by atoms with Crippen molar-refractivity contribution in [2.75, 3.05) is 32.5 Å². The summed E-state index contributed by atoms with van der Waals surface area (Å²) in [4.78, 5) is 24.1. The highest BCUT2D eigenvalue weighted by atomic mass is 16.4. The maximum Gasteiger partial charge on any atom is 0.319 e. The number of amides is 2. The molecule has 19 heavy (non-hydrogen) atoms. The first-order valence-corrected chi connectivity index (χ1v) is 5.97. The van der Waals surface area contributed by atoms with E-state index in [0.29, 0.717) is 17.8 Å². The van der Waals surface area contributed by atoms with Crippen LogP contribution in [0.1, 0.15) is 5.56 Å². The van der Waals surface area contributed by atoms with E-state index in [1.54, 1.807) is 24.3 Å². The van der Waals surface area contributed by atoms with Gasteiger partial charge in [0.2, 0.25) is 0 Å². The maximum atomic E-state index is 11.6. The number of carbonyl (C=O) groups excluding carboxylic acids is 1. The highest BCUT2D eigenvalue weighted by Gasteiger charge is 2.04. The molecule has 0 aliphatic heterocycles. The van der Waals surface area contributed by atoms with Gasteiger partial charge in [0.15, 0.2) is 0 Å². The van der Waals surface area contributed by atoms with Gasteiger partial charge in [0.05, 0.1) is 6.42 Å². The molecule has 2 amide bonds. The largest absolute Gasteiger partial charge is 0.481 e. The number of urea groups is 1. The summed E-state index contributed by atoms with van der Waals surface area (Å²) in [5.74, 6) is -0.896. The maximum absolute atomic E-state index is 11.6. The monoisotopic (exact) mass is 265 g/mol. The quantitative estimate of drug-likeness (QED) is 0.716. The number of carboxylic acid groups (broad SMARTS) is 1. The van der Waals surface area contributed by atoms with Gasteiger partial charge in [-0.1, -0.05) is 12.1 Å². The molecule has 0 aliphatic carbocycles. The smallest absolute Gasteiger partial charge is 0.319 e. The second-order valence-corrected chi connectivity index (χ2v) is 4.46. The Labute approximate surface area is 112 Å². The minimum Gasteiger partial charge on any atom is -0.481 e. The van der Waals surface area contributed by atoms with E-state index in [1.165, 1.54) is 0 Å². The molecule has 0 fully saturated rings. The van der Waals surface area contributed by atoms with Crippen LogP contribution in [0.3, 0.4) is 0 Å². The number of likely N-dealkylation sites (N-methyl/N-ethyl adjacent to an activating group) is 1. The summed E-state index contributed by atoms with van der Waals surface area (Å²) in [6.07, 6.45) is -0.0578. The van der Waals surface area contributed by atoms with Crippen molar-refractivity contribution < 1.29 is 14.7 Å². The van der Waals surface area contributed by atoms with Crippen molar-refractivity contribution in [3.05, 3.63) is 29.8 Å². The Morgan fingerprint density at radius 1 is 1.32 bits per heavy atom. The molecular formula is C13H19N3O3.